The van der Waals surface area contributed by atoms with Crippen molar-refractivity contribution in [2.75, 3.05) is 18.5 Å². The molecule has 2 aromatic carbocycles. The third kappa shape index (κ3) is 5.37. The predicted octanol–water partition coefficient (Wildman–Crippen LogP) is 4.69. The molecule has 1 aliphatic rings. The van der Waals surface area contributed by atoms with E-state index in [0.717, 1.165) is 22.5 Å². The number of hydrogen-bond acceptors (Lipinski definition) is 5. The second kappa shape index (κ2) is 9.16. The lowest BCUT2D eigenvalue weighted by Gasteiger charge is -2.28. The molecule has 0 fully saturated rings. The van der Waals surface area contributed by atoms with Gasteiger partial charge in [0, 0.05) is 24.8 Å². The van der Waals surface area contributed by atoms with Gasteiger partial charge in [-0.15, -0.1) is 11.3 Å². The molecule has 4 rings (SSSR count). The van der Waals surface area contributed by atoms with E-state index < -0.39 is 28.7 Å². The van der Waals surface area contributed by atoms with Gasteiger partial charge in [-0.1, -0.05) is 30.3 Å². The monoisotopic (exact) mass is 496 g/mol. The number of anilines is 1. The lowest BCUT2D eigenvalue weighted by molar-refractivity contribution is -0.153. The first-order valence-electron chi connectivity index (χ1n) is 9.89. The zero-order valence-electron chi connectivity index (χ0n) is 17.1. The first-order valence-corrected chi connectivity index (χ1v) is 12.2. The molecule has 1 aromatic heterocycles. The van der Waals surface area contributed by atoms with Crippen LogP contribution in [-0.4, -0.2) is 38.0 Å². The fraction of sp³-hybridized carbons (Fsp3) is 0.227. The second-order valence-corrected chi connectivity index (χ2v) is 10.2. The van der Waals surface area contributed by atoms with Gasteiger partial charge in [-0.25, -0.2) is 8.42 Å². The summed E-state index contributed by atoms with van der Waals surface area (Å²) in [6, 6.07) is 14.5. The first-order chi connectivity index (χ1) is 15.6. The fourth-order valence-corrected chi connectivity index (χ4v) is 6.21. The van der Waals surface area contributed by atoms with Gasteiger partial charge in [-0.2, -0.15) is 17.5 Å². The lowest BCUT2D eigenvalue weighted by Crippen LogP contribution is -2.36. The molecule has 1 amide bonds. The number of amides is 1. The summed E-state index contributed by atoms with van der Waals surface area (Å²) in [4.78, 5) is 12.7. The zero-order chi connectivity index (χ0) is 23.6. The Morgan fingerprint density at radius 2 is 1.85 bits per heavy atom. The number of halogens is 3. The highest BCUT2D eigenvalue weighted by atomic mass is 32.2. The summed E-state index contributed by atoms with van der Waals surface area (Å²) in [6.45, 7) is -0.945. The number of rotatable bonds is 6. The number of benzene rings is 2. The molecule has 0 radical (unpaired) electrons. The van der Waals surface area contributed by atoms with Crippen LogP contribution < -0.4 is 10.1 Å². The molecule has 0 atom stereocenters. The van der Waals surface area contributed by atoms with E-state index in [-0.39, 0.29) is 27.8 Å². The number of sulfonamides is 1. The normalized spacial score (nSPS) is 14.5. The van der Waals surface area contributed by atoms with E-state index >= 15 is 0 Å². The molecule has 3 aromatic rings. The van der Waals surface area contributed by atoms with Gasteiger partial charge in [0.25, 0.3) is 5.91 Å². The Balaban J connectivity index is 1.51. The number of nitrogens with one attached hydrogen (secondary N) is 1. The van der Waals surface area contributed by atoms with Crippen LogP contribution in [0, 0.1) is 0 Å². The fourth-order valence-electron chi connectivity index (χ4n) is 3.50. The van der Waals surface area contributed by atoms with Crippen molar-refractivity contribution in [1.29, 1.82) is 0 Å². The topological polar surface area (TPSA) is 75.7 Å². The Hall–Kier alpha value is -2.89. The summed E-state index contributed by atoms with van der Waals surface area (Å²) < 4.78 is 69.8. The van der Waals surface area contributed by atoms with Crippen LogP contribution in [0.2, 0.25) is 0 Å². The number of hydrogen-bond donors (Lipinski definition) is 1. The molecule has 6 nitrogen and oxygen atoms in total. The standard InChI is InChI=1S/C22H19F3N2O4S2/c23-22(24,25)14-31-18-7-3-6-17(12-18)26-21(28)20-19(9-11-32-20)33(29,30)27-10-8-15-4-1-2-5-16(15)13-27/h1-7,9,11-12H,8,10,13-14H2,(H,26,28). The van der Waals surface area contributed by atoms with Gasteiger partial charge in [0.05, 0.1) is 0 Å². The number of ether oxygens (including phenoxy) is 1. The Kier molecular flexibility index (Phi) is 6.46. The quantitative estimate of drug-likeness (QED) is 0.537. The van der Waals surface area contributed by atoms with E-state index in [0.29, 0.717) is 13.0 Å². The molecule has 0 spiro atoms. The van der Waals surface area contributed by atoms with Gasteiger partial charge in [0.2, 0.25) is 10.0 Å². The number of nitrogens with zero attached hydrogens (tertiary/aromatic N) is 1. The predicted molar refractivity (Wildman–Crippen MR) is 118 cm³/mol. The van der Waals surface area contributed by atoms with Crippen molar-refractivity contribution in [2.45, 2.75) is 24.0 Å². The molecule has 0 aliphatic carbocycles. The van der Waals surface area contributed by atoms with Crippen molar-refractivity contribution in [1.82, 2.24) is 4.31 Å². The number of alkyl halides is 3. The molecule has 0 unspecified atom stereocenters. The van der Waals surface area contributed by atoms with Crippen LogP contribution in [0.25, 0.3) is 0 Å². The average molecular weight is 497 g/mol. The van der Waals surface area contributed by atoms with E-state index in [4.69, 9.17) is 4.74 Å². The van der Waals surface area contributed by atoms with Gasteiger partial charge in [-0.3, -0.25) is 4.79 Å². The van der Waals surface area contributed by atoms with Gasteiger partial charge >= 0.3 is 6.18 Å². The van der Waals surface area contributed by atoms with Crippen molar-refractivity contribution < 1.29 is 31.1 Å². The third-order valence-electron chi connectivity index (χ3n) is 5.04. The first kappa shape index (κ1) is 23.3. The summed E-state index contributed by atoms with van der Waals surface area (Å²) in [6.07, 6.45) is -3.92. The summed E-state index contributed by atoms with van der Waals surface area (Å²) >= 11 is 0.973. The Morgan fingerprint density at radius 1 is 1.09 bits per heavy atom. The summed E-state index contributed by atoms with van der Waals surface area (Å²) in [5, 5.41) is 4.06. The van der Waals surface area contributed by atoms with Crippen LogP contribution in [0.3, 0.4) is 0 Å². The number of thiophene rings is 1. The van der Waals surface area contributed by atoms with E-state index in [1.54, 1.807) is 0 Å². The Bertz CT molecular complexity index is 1270. The summed E-state index contributed by atoms with van der Waals surface area (Å²) in [5.41, 5.74) is 2.20. The molecule has 11 heteroatoms. The molecular formula is C22H19F3N2O4S2. The van der Waals surface area contributed by atoms with Crippen LogP contribution >= 0.6 is 11.3 Å². The van der Waals surface area contributed by atoms with E-state index in [1.807, 2.05) is 24.3 Å². The highest BCUT2D eigenvalue weighted by Crippen LogP contribution is 2.30. The highest BCUT2D eigenvalue weighted by molar-refractivity contribution is 7.89. The summed E-state index contributed by atoms with van der Waals surface area (Å²) in [7, 11) is -3.93. The molecule has 2 heterocycles. The second-order valence-electron chi connectivity index (χ2n) is 7.36. The minimum atomic E-state index is -4.49. The average Bonchev–Trinajstić information content (AvgIpc) is 3.28. The van der Waals surface area contributed by atoms with Gasteiger partial charge < -0.3 is 10.1 Å². The molecule has 33 heavy (non-hydrogen) atoms. The maximum Gasteiger partial charge on any atom is 0.422 e. The zero-order valence-corrected chi connectivity index (χ0v) is 18.8. The highest BCUT2D eigenvalue weighted by Gasteiger charge is 2.32. The van der Waals surface area contributed by atoms with Crippen LogP contribution in [0.1, 0.15) is 20.8 Å². The van der Waals surface area contributed by atoms with Crippen LogP contribution in [0.4, 0.5) is 18.9 Å². The largest absolute Gasteiger partial charge is 0.484 e. The van der Waals surface area contributed by atoms with Crippen molar-refractivity contribution in [3.63, 3.8) is 0 Å². The molecule has 1 aliphatic heterocycles. The smallest absolute Gasteiger partial charge is 0.422 e. The maximum absolute atomic E-state index is 13.3. The van der Waals surface area contributed by atoms with Crippen molar-refractivity contribution in [3.05, 3.63) is 76.0 Å². The van der Waals surface area contributed by atoms with Crippen LogP contribution in [-0.2, 0) is 23.0 Å². The minimum Gasteiger partial charge on any atom is -0.484 e. The third-order valence-corrected chi connectivity index (χ3v) is 7.97. The van der Waals surface area contributed by atoms with Crippen molar-refractivity contribution in [3.8, 4) is 5.75 Å². The van der Waals surface area contributed by atoms with Crippen LogP contribution in [0.15, 0.2) is 64.9 Å². The molecule has 174 valence electrons. The molecular weight excluding hydrogens is 477 g/mol. The maximum atomic E-state index is 13.3. The minimum absolute atomic E-state index is 0.00419. The number of carbonyl (C=O) groups is 1. The van der Waals surface area contributed by atoms with Gasteiger partial charge in [-0.05, 0) is 41.1 Å². The lowest BCUT2D eigenvalue weighted by atomic mass is 10.0. The summed E-state index contributed by atoms with van der Waals surface area (Å²) in [5.74, 6) is -0.745. The Morgan fingerprint density at radius 3 is 2.61 bits per heavy atom. The van der Waals surface area contributed by atoms with E-state index in [1.165, 1.54) is 40.0 Å². The number of fused-ring (bicyclic) bond motifs is 1. The van der Waals surface area contributed by atoms with Gasteiger partial charge in [0.1, 0.15) is 15.5 Å². The molecule has 0 saturated heterocycles. The van der Waals surface area contributed by atoms with Crippen molar-refractivity contribution in [2.24, 2.45) is 0 Å². The van der Waals surface area contributed by atoms with Crippen molar-refractivity contribution >= 4 is 33.0 Å². The molecule has 1 N–H and O–H groups in total. The van der Waals surface area contributed by atoms with Crippen LogP contribution in [0.5, 0.6) is 5.75 Å². The SMILES string of the molecule is O=C(Nc1cccc(OCC(F)(F)F)c1)c1sccc1S(=O)(=O)N1CCc2ccccc2C1. The van der Waals surface area contributed by atoms with E-state index in [9.17, 15) is 26.4 Å². The molecule has 0 bridgehead atoms. The number of carbonyl (C=O) groups excluding carboxylic acids is 1. The Labute approximate surface area is 192 Å². The van der Waals surface area contributed by atoms with E-state index in [2.05, 4.69) is 5.32 Å². The van der Waals surface area contributed by atoms with Gasteiger partial charge in [0.15, 0.2) is 6.61 Å². The molecule has 0 saturated carbocycles.